The molecule has 3 aromatic rings. The number of rotatable bonds is 4. The number of carbonyl (C=O) groups is 1. The van der Waals surface area contributed by atoms with E-state index in [2.05, 4.69) is 53.4 Å². The monoisotopic (exact) mass is 384 g/mol. The summed E-state index contributed by atoms with van der Waals surface area (Å²) in [5, 5.41) is 0. The highest BCUT2D eigenvalue weighted by Gasteiger charge is 2.45. The lowest BCUT2D eigenvalue weighted by atomic mass is 10.0. The number of fused-ring (bicyclic) bond motifs is 2. The minimum atomic E-state index is -0.227. The van der Waals surface area contributed by atoms with Crippen molar-refractivity contribution >= 4 is 6.09 Å². The van der Waals surface area contributed by atoms with Crippen LogP contribution in [0.3, 0.4) is 0 Å². The normalized spacial score (nSPS) is 20.8. The zero-order valence-electron chi connectivity index (χ0n) is 16.3. The van der Waals surface area contributed by atoms with Crippen LogP contribution in [0.15, 0.2) is 84.9 Å². The van der Waals surface area contributed by atoms with E-state index in [9.17, 15) is 4.79 Å². The van der Waals surface area contributed by atoms with E-state index in [-0.39, 0.29) is 12.1 Å². The van der Waals surface area contributed by atoms with Crippen molar-refractivity contribution in [2.45, 2.75) is 25.0 Å². The maximum Gasteiger partial charge on any atom is 0.415 e. The van der Waals surface area contributed by atoms with E-state index < -0.39 is 0 Å². The minimum Gasteiger partial charge on any atom is -0.410 e. The summed E-state index contributed by atoms with van der Waals surface area (Å²) in [5.41, 5.74) is 3.81. The summed E-state index contributed by atoms with van der Waals surface area (Å²) in [6, 6.07) is 29.2. The van der Waals surface area contributed by atoms with E-state index in [0.717, 1.165) is 26.1 Å². The smallest absolute Gasteiger partial charge is 0.410 e. The molecule has 2 aliphatic rings. The second-order valence-electron chi connectivity index (χ2n) is 7.87. The van der Waals surface area contributed by atoms with E-state index in [1.807, 2.05) is 41.3 Å². The maximum absolute atomic E-state index is 12.6. The largest absolute Gasteiger partial charge is 0.415 e. The molecule has 0 aliphatic carbocycles. The van der Waals surface area contributed by atoms with E-state index in [0.29, 0.717) is 11.8 Å². The fourth-order valence-electron chi connectivity index (χ4n) is 4.53. The SMILES string of the molecule is O=C(Oc1ccccc1)N1C[C@@H]2CC1CN2Cc1cccc(-c2ccccc2)c1. The predicted molar refractivity (Wildman–Crippen MR) is 114 cm³/mol. The average Bonchev–Trinajstić information content (AvgIpc) is 3.36. The number of hydrogen-bond acceptors (Lipinski definition) is 3. The predicted octanol–water partition coefficient (Wildman–Crippen LogP) is 4.81. The van der Waals surface area contributed by atoms with Gasteiger partial charge in [0.05, 0.1) is 0 Å². The first-order valence-electron chi connectivity index (χ1n) is 10.2. The first kappa shape index (κ1) is 18.0. The Balaban J connectivity index is 1.22. The Morgan fingerprint density at radius 1 is 0.828 bits per heavy atom. The van der Waals surface area contributed by atoms with E-state index in [4.69, 9.17) is 4.74 Å². The molecule has 3 aromatic carbocycles. The van der Waals surface area contributed by atoms with Gasteiger partial charge in [-0.25, -0.2) is 4.79 Å². The van der Waals surface area contributed by atoms with Gasteiger partial charge in [-0.2, -0.15) is 0 Å². The molecule has 2 bridgehead atoms. The van der Waals surface area contributed by atoms with Crippen LogP contribution in [0, 0.1) is 0 Å². The van der Waals surface area contributed by atoms with E-state index in [1.165, 1.54) is 16.7 Å². The fourth-order valence-corrected chi connectivity index (χ4v) is 4.53. The number of carbonyl (C=O) groups excluding carboxylic acids is 1. The Labute approximate surface area is 171 Å². The molecule has 2 fully saturated rings. The van der Waals surface area contributed by atoms with Gasteiger partial charge >= 0.3 is 6.09 Å². The standard InChI is InChI=1S/C25H24N2O2/c28-25(29-24-12-5-2-6-13-24)27-18-22-15-23(27)17-26(22)16-19-8-7-11-21(14-19)20-9-3-1-4-10-20/h1-14,22-23H,15-18H2/t22-,23?/m0/s1. The van der Waals surface area contributed by atoms with Crippen molar-refractivity contribution in [2.75, 3.05) is 13.1 Å². The lowest BCUT2D eigenvalue weighted by Crippen LogP contribution is -2.49. The Kier molecular flexibility index (Phi) is 4.78. The highest BCUT2D eigenvalue weighted by molar-refractivity contribution is 5.72. The van der Waals surface area contributed by atoms with Crippen LogP contribution in [0.25, 0.3) is 11.1 Å². The molecule has 2 atom stereocenters. The number of benzene rings is 3. The Hall–Kier alpha value is -3.11. The van der Waals surface area contributed by atoms with Crippen molar-refractivity contribution in [3.8, 4) is 16.9 Å². The molecule has 1 unspecified atom stereocenters. The third kappa shape index (κ3) is 3.76. The third-order valence-corrected chi connectivity index (χ3v) is 5.96. The van der Waals surface area contributed by atoms with Gasteiger partial charge in [-0.15, -0.1) is 0 Å². The second kappa shape index (κ2) is 7.72. The lowest BCUT2D eigenvalue weighted by Gasteiger charge is -2.33. The summed E-state index contributed by atoms with van der Waals surface area (Å²) in [6.07, 6.45) is 0.803. The second-order valence-corrected chi connectivity index (χ2v) is 7.87. The van der Waals surface area contributed by atoms with Crippen LogP contribution in [0.2, 0.25) is 0 Å². The average molecular weight is 384 g/mol. The van der Waals surface area contributed by atoms with Gasteiger partial charge in [-0.05, 0) is 41.3 Å². The number of likely N-dealkylation sites (tertiary alicyclic amines) is 2. The van der Waals surface area contributed by atoms with Gasteiger partial charge in [-0.3, -0.25) is 4.90 Å². The number of piperazine rings is 1. The number of amides is 1. The molecule has 2 heterocycles. The molecule has 0 aromatic heterocycles. The van der Waals surface area contributed by atoms with Crippen molar-refractivity contribution in [1.29, 1.82) is 0 Å². The number of nitrogens with zero attached hydrogens (tertiary/aromatic N) is 2. The van der Waals surface area contributed by atoms with E-state index >= 15 is 0 Å². The fraction of sp³-hybridized carbons (Fsp3) is 0.240. The summed E-state index contributed by atoms with van der Waals surface area (Å²) in [5.74, 6) is 0.606. The van der Waals surface area contributed by atoms with Crippen LogP contribution in [0.4, 0.5) is 4.79 Å². The molecule has 0 radical (unpaired) electrons. The summed E-state index contributed by atoms with van der Waals surface area (Å²) >= 11 is 0. The van der Waals surface area contributed by atoms with Gasteiger partial charge in [0.1, 0.15) is 5.75 Å². The van der Waals surface area contributed by atoms with Gasteiger partial charge in [0.25, 0.3) is 0 Å². The van der Waals surface area contributed by atoms with Crippen LogP contribution in [-0.4, -0.2) is 41.1 Å². The first-order valence-corrected chi connectivity index (χ1v) is 10.2. The third-order valence-electron chi connectivity index (χ3n) is 5.96. The van der Waals surface area contributed by atoms with Crippen LogP contribution in [0.1, 0.15) is 12.0 Å². The lowest BCUT2D eigenvalue weighted by molar-refractivity contribution is 0.105. The summed E-state index contributed by atoms with van der Waals surface area (Å²) in [7, 11) is 0. The van der Waals surface area contributed by atoms with Gasteiger partial charge in [-0.1, -0.05) is 66.7 Å². The van der Waals surface area contributed by atoms with Crippen molar-refractivity contribution in [1.82, 2.24) is 9.80 Å². The van der Waals surface area contributed by atoms with E-state index in [1.54, 1.807) is 0 Å². The van der Waals surface area contributed by atoms with Crippen molar-refractivity contribution < 1.29 is 9.53 Å². The van der Waals surface area contributed by atoms with Crippen molar-refractivity contribution in [3.05, 3.63) is 90.5 Å². The molecule has 5 rings (SSSR count). The Morgan fingerprint density at radius 3 is 2.28 bits per heavy atom. The zero-order chi connectivity index (χ0) is 19.6. The van der Waals surface area contributed by atoms with Crippen molar-refractivity contribution in [3.63, 3.8) is 0 Å². The summed E-state index contributed by atoms with van der Waals surface area (Å²) in [4.78, 5) is 17.0. The van der Waals surface area contributed by atoms with Crippen molar-refractivity contribution in [2.24, 2.45) is 0 Å². The molecule has 0 saturated carbocycles. The molecule has 0 spiro atoms. The summed E-state index contributed by atoms with van der Waals surface area (Å²) in [6.45, 7) is 2.57. The Morgan fingerprint density at radius 2 is 1.55 bits per heavy atom. The topological polar surface area (TPSA) is 32.8 Å². The molecule has 146 valence electrons. The Bertz CT molecular complexity index is 990. The molecule has 1 amide bonds. The highest BCUT2D eigenvalue weighted by Crippen LogP contribution is 2.33. The highest BCUT2D eigenvalue weighted by atomic mass is 16.6. The molecule has 4 nitrogen and oxygen atoms in total. The first-order chi connectivity index (χ1) is 14.3. The number of hydrogen-bond donors (Lipinski definition) is 0. The van der Waals surface area contributed by atoms with Crippen LogP contribution < -0.4 is 4.74 Å². The quantitative estimate of drug-likeness (QED) is 0.647. The molecule has 4 heteroatoms. The van der Waals surface area contributed by atoms with Gasteiger partial charge in [0.2, 0.25) is 0 Å². The van der Waals surface area contributed by atoms with Crippen LogP contribution in [-0.2, 0) is 6.54 Å². The molecule has 2 aliphatic heterocycles. The summed E-state index contributed by atoms with van der Waals surface area (Å²) < 4.78 is 5.54. The zero-order valence-corrected chi connectivity index (χ0v) is 16.3. The molecular formula is C25H24N2O2. The van der Waals surface area contributed by atoms with Crippen LogP contribution >= 0.6 is 0 Å². The molecule has 0 N–H and O–H groups in total. The number of ether oxygens (including phenoxy) is 1. The number of para-hydroxylation sites is 1. The molecule has 29 heavy (non-hydrogen) atoms. The van der Waals surface area contributed by atoms with Gasteiger partial charge < -0.3 is 9.64 Å². The minimum absolute atomic E-state index is 0.227. The van der Waals surface area contributed by atoms with Crippen LogP contribution in [0.5, 0.6) is 5.75 Å². The van der Waals surface area contributed by atoms with Gasteiger partial charge in [0.15, 0.2) is 0 Å². The maximum atomic E-state index is 12.6. The van der Waals surface area contributed by atoms with Gasteiger partial charge in [0, 0.05) is 31.7 Å². The molecule has 2 saturated heterocycles. The molecular weight excluding hydrogens is 360 g/mol.